The minimum absolute atomic E-state index is 0.219. The molecule has 2 aromatic carbocycles. The summed E-state index contributed by atoms with van der Waals surface area (Å²) >= 11 is 0. The zero-order chi connectivity index (χ0) is 18.9. The molecule has 0 saturated heterocycles. The van der Waals surface area contributed by atoms with Gasteiger partial charge in [-0.05, 0) is 29.8 Å². The summed E-state index contributed by atoms with van der Waals surface area (Å²) in [5.41, 5.74) is 1.12. The molecule has 1 amide bonds. The minimum Gasteiger partial charge on any atom is -0.497 e. The van der Waals surface area contributed by atoms with Crippen molar-refractivity contribution in [2.75, 3.05) is 27.9 Å². The van der Waals surface area contributed by atoms with Crippen molar-refractivity contribution in [3.8, 4) is 17.2 Å². The van der Waals surface area contributed by atoms with Crippen LogP contribution in [0.15, 0.2) is 42.5 Å². The van der Waals surface area contributed by atoms with E-state index in [4.69, 9.17) is 18.9 Å². The predicted molar refractivity (Wildman–Crippen MR) is 94.7 cm³/mol. The van der Waals surface area contributed by atoms with Crippen molar-refractivity contribution in [1.82, 2.24) is 5.32 Å². The van der Waals surface area contributed by atoms with E-state index in [1.807, 2.05) is 12.1 Å². The van der Waals surface area contributed by atoms with Crippen LogP contribution in [0.1, 0.15) is 15.9 Å². The van der Waals surface area contributed by atoms with Crippen LogP contribution < -0.4 is 19.5 Å². The van der Waals surface area contributed by atoms with E-state index in [-0.39, 0.29) is 12.2 Å². The maximum atomic E-state index is 12.1. The van der Waals surface area contributed by atoms with Crippen molar-refractivity contribution in [3.05, 3.63) is 53.6 Å². The third-order valence-electron chi connectivity index (χ3n) is 3.61. The molecule has 7 heteroatoms. The molecule has 0 radical (unpaired) electrons. The van der Waals surface area contributed by atoms with Gasteiger partial charge in [-0.2, -0.15) is 0 Å². The number of hydrogen-bond acceptors (Lipinski definition) is 6. The van der Waals surface area contributed by atoms with Gasteiger partial charge >= 0.3 is 5.97 Å². The quantitative estimate of drug-likeness (QED) is 0.728. The molecule has 0 aliphatic heterocycles. The SMILES string of the molecule is COc1ccc(CNC(=O)COC(=O)c2ccc(OC)cc2OC)cc1. The molecule has 7 nitrogen and oxygen atoms in total. The number of amides is 1. The highest BCUT2D eigenvalue weighted by Crippen LogP contribution is 2.25. The number of ether oxygens (including phenoxy) is 4. The minimum atomic E-state index is -0.649. The lowest BCUT2D eigenvalue weighted by molar-refractivity contribution is -0.124. The molecular formula is C19H21NO6. The number of carbonyl (C=O) groups is 2. The van der Waals surface area contributed by atoms with Gasteiger partial charge in [-0.25, -0.2) is 4.79 Å². The average Bonchev–Trinajstić information content (AvgIpc) is 2.70. The Balaban J connectivity index is 1.85. The molecule has 0 aromatic heterocycles. The molecule has 0 unspecified atom stereocenters. The maximum absolute atomic E-state index is 12.1. The highest BCUT2D eigenvalue weighted by atomic mass is 16.5. The van der Waals surface area contributed by atoms with Crippen LogP contribution in [-0.4, -0.2) is 39.8 Å². The third-order valence-corrected chi connectivity index (χ3v) is 3.61. The van der Waals surface area contributed by atoms with E-state index in [1.54, 1.807) is 31.4 Å². The smallest absolute Gasteiger partial charge is 0.342 e. The van der Waals surface area contributed by atoms with Crippen LogP contribution in [-0.2, 0) is 16.1 Å². The molecule has 2 rings (SSSR count). The second-order valence-electron chi connectivity index (χ2n) is 5.27. The first-order valence-corrected chi connectivity index (χ1v) is 7.86. The molecule has 1 N–H and O–H groups in total. The highest BCUT2D eigenvalue weighted by Gasteiger charge is 2.16. The molecule has 26 heavy (non-hydrogen) atoms. The molecule has 0 aliphatic carbocycles. The zero-order valence-corrected chi connectivity index (χ0v) is 14.9. The van der Waals surface area contributed by atoms with Crippen LogP contribution in [0.25, 0.3) is 0 Å². The monoisotopic (exact) mass is 359 g/mol. The number of methoxy groups -OCH3 is 3. The summed E-state index contributed by atoms with van der Waals surface area (Å²) in [6.07, 6.45) is 0. The molecule has 138 valence electrons. The van der Waals surface area contributed by atoms with Crippen molar-refractivity contribution in [3.63, 3.8) is 0 Å². The van der Waals surface area contributed by atoms with Crippen LogP contribution in [0, 0.1) is 0 Å². The van der Waals surface area contributed by atoms with Gasteiger partial charge in [-0.15, -0.1) is 0 Å². The summed E-state index contributed by atoms with van der Waals surface area (Å²) in [4.78, 5) is 24.0. The van der Waals surface area contributed by atoms with E-state index in [0.717, 1.165) is 11.3 Å². The standard InChI is InChI=1S/C19H21NO6/c1-23-14-6-4-13(5-7-14)11-20-18(21)12-26-19(22)16-9-8-15(24-2)10-17(16)25-3/h4-10H,11-12H2,1-3H3,(H,20,21). The van der Waals surface area contributed by atoms with Crippen LogP contribution >= 0.6 is 0 Å². The Bertz CT molecular complexity index is 757. The fraction of sp³-hybridized carbons (Fsp3) is 0.263. The molecule has 0 bridgehead atoms. The van der Waals surface area contributed by atoms with E-state index >= 15 is 0 Å². The van der Waals surface area contributed by atoms with Gasteiger partial charge in [0.25, 0.3) is 5.91 Å². The number of hydrogen-bond donors (Lipinski definition) is 1. The van der Waals surface area contributed by atoms with Crippen molar-refractivity contribution in [2.24, 2.45) is 0 Å². The number of esters is 1. The van der Waals surface area contributed by atoms with Gasteiger partial charge in [0.1, 0.15) is 22.8 Å². The molecule has 0 saturated carbocycles. The Hall–Kier alpha value is -3.22. The van der Waals surface area contributed by atoms with Crippen LogP contribution in [0.4, 0.5) is 0 Å². The summed E-state index contributed by atoms with van der Waals surface area (Å²) in [7, 11) is 4.54. The third kappa shape index (κ3) is 5.14. The lowest BCUT2D eigenvalue weighted by Crippen LogP contribution is -2.28. The van der Waals surface area contributed by atoms with Crippen molar-refractivity contribution >= 4 is 11.9 Å². The van der Waals surface area contributed by atoms with E-state index in [1.165, 1.54) is 20.3 Å². The lowest BCUT2D eigenvalue weighted by Gasteiger charge is -2.10. The van der Waals surface area contributed by atoms with Crippen molar-refractivity contribution in [1.29, 1.82) is 0 Å². The van der Waals surface area contributed by atoms with Gasteiger partial charge in [0, 0.05) is 12.6 Å². The Morgan fingerprint density at radius 3 is 2.15 bits per heavy atom. The van der Waals surface area contributed by atoms with Crippen LogP contribution in [0.3, 0.4) is 0 Å². The molecule has 0 fully saturated rings. The van der Waals surface area contributed by atoms with Gasteiger partial charge < -0.3 is 24.3 Å². The second kappa shape index (κ2) is 9.31. The number of benzene rings is 2. The molecule has 0 heterocycles. The maximum Gasteiger partial charge on any atom is 0.342 e. The molecule has 0 spiro atoms. The summed E-state index contributed by atoms with van der Waals surface area (Å²) in [5.74, 6) is 0.553. The van der Waals surface area contributed by atoms with Gasteiger partial charge in [-0.3, -0.25) is 4.79 Å². The van der Waals surface area contributed by atoms with E-state index in [9.17, 15) is 9.59 Å². The topological polar surface area (TPSA) is 83.1 Å². The van der Waals surface area contributed by atoms with E-state index in [0.29, 0.717) is 18.0 Å². The summed E-state index contributed by atoms with van der Waals surface area (Å²) in [5, 5.41) is 2.68. The molecular weight excluding hydrogens is 338 g/mol. The van der Waals surface area contributed by atoms with Crippen molar-refractivity contribution in [2.45, 2.75) is 6.54 Å². The molecule has 0 atom stereocenters. The van der Waals surface area contributed by atoms with Gasteiger partial charge in [0.15, 0.2) is 6.61 Å². The van der Waals surface area contributed by atoms with Crippen LogP contribution in [0.2, 0.25) is 0 Å². The van der Waals surface area contributed by atoms with Gasteiger partial charge in [0.2, 0.25) is 0 Å². The predicted octanol–water partition coefficient (Wildman–Crippen LogP) is 2.19. The Morgan fingerprint density at radius 2 is 1.54 bits per heavy atom. The Morgan fingerprint density at radius 1 is 0.885 bits per heavy atom. The lowest BCUT2D eigenvalue weighted by atomic mass is 10.2. The average molecular weight is 359 g/mol. The first-order chi connectivity index (χ1) is 12.6. The normalized spacial score (nSPS) is 9.96. The van der Waals surface area contributed by atoms with Crippen molar-refractivity contribution < 1.29 is 28.5 Å². The highest BCUT2D eigenvalue weighted by molar-refractivity contribution is 5.94. The fourth-order valence-corrected chi connectivity index (χ4v) is 2.17. The fourth-order valence-electron chi connectivity index (χ4n) is 2.17. The van der Waals surface area contributed by atoms with Gasteiger partial charge in [-0.1, -0.05) is 12.1 Å². The number of nitrogens with one attached hydrogen (secondary N) is 1. The van der Waals surface area contributed by atoms with Gasteiger partial charge in [0.05, 0.1) is 21.3 Å². The number of carbonyl (C=O) groups excluding carboxylic acids is 2. The summed E-state index contributed by atoms with van der Waals surface area (Å²) in [6, 6.07) is 12.0. The first-order valence-electron chi connectivity index (χ1n) is 7.86. The zero-order valence-electron chi connectivity index (χ0n) is 14.9. The second-order valence-corrected chi connectivity index (χ2v) is 5.27. The molecule has 0 aliphatic rings. The van der Waals surface area contributed by atoms with E-state index in [2.05, 4.69) is 5.32 Å². The Labute approximate surface area is 151 Å². The summed E-state index contributed by atoms with van der Waals surface area (Å²) in [6.45, 7) is -0.0591. The number of rotatable bonds is 8. The van der Waals surface area contributed by atoms with Crippen LogP contribution in [0.5, 0.6) is 17.2 Å². The van der Waals surface area contributed by atoms with E-state index < -0.39 is 11.9 Å². The molecule has 2 aromatic rings. The first kappa shape index (κ1) is 19.1. The largest absolute Gasteiger partial charge is 0.497 e. The summed E-state index contributed by atoms with van der Waals surface area (Å²) < 4.78 is 20.3. The Kier molecular flexibility index (Phi) is 6.84.